The first kappa shape index (κ1) is 25.7. The average Bonchev–Trinajstić information content (AvgIpc) is 2.87. The van der Waals surface area contributed by atoms with Gasteiger partial charge in [-0.05, 0) is 42.0 Å². The fourth-order valence-corrected chi connectivity index (χ4v) is 6.57. The minimum atomic E-state index is -4.19. The largest absolute Gasteiger partial charge is 0.378 e. The van der Waals surface area contributed by atoms with Crippen molar-refractivity contribution in [3.8, 4) is 0 Å². The number of piperidine rings is 1. The topological polar surface area (TPSA) is 134 Å². The van der Waals surface area contributed by atoms with Crippen LogP contribution in [-0.4, -0.2) is 86.6 Å². The van der Waals surface area contributed by atoms with Gasteiger partial charge in [0.15, 0.2) is 5.03 Å². The van der Waals surface area contributed by atoms with Crippen LogP contribution in [0.15, 0.2) is 53.7 Å². The molecule has 4 rings (SSSR count). The number of rotatable bonds is 7. The van der Waals surface area contributed by atoms with Crippen molar-refractivity contribution in [3.63, 3.8) is 0 Å². The maximum atomic E-state index is 13.6. The Bertz CT molecular complexity index is 1250. The Labute approximate surface area is 205 Å². The van der Waals surface area contributed by atoms with Crippen LogP contribution in [0, 0.1) is 5.92 Å². The van der Waals surface area contributed by atoms with Gasteiger partial charge in [0.1, 0.15) is 0 Å². The molecule has 1 aromatic carbocycles. The summed E-state index contributed by atoms with van der Waals surface area (Å²) >= 11 is 0. The molecule has 2 aromatic rings. The predicted octanol–water partition coefficient (Wildman–Crippen LogP) is 1.17. The highest BCUT2D eigenvalue weighted by molar-refractivity contribution is 7.89. The second-order valence-electron chi connectivity index (χ2n) is 8.84. The van der Waals surface area contributed by atoms with Crippen LogP contribution in [0.2, 0.25) is 0 Å². The number of hydrogen-bond donors (Lipinski definition) is 1. The van der Waals surface area contributed by atoms with Crippen molar-refractivity contribution < 1.29 is 30.9 Å². The maximum absolute atomic E-state index is 13.6. The Morgan fingerprint density at radius 3 is 2.46 bits per heavy atom. The molecule has 2 atom stereocenters. The molecular formula is C23H29N3O7S2. The van der Waals surface area contributed by atoms with Crippen molar-refractivity contribution in [1.82, 2.24) is 14.2 Å². The number of nitrogens with zero attached hydrogens (tertiary/aromatic N) is 3. The molecule has 35 heavy (non-hydrogen) atoms. The number of aryl methyl sites for hydroxylation is 1. The third-order valence-electron chi connectivity index (χ3n) is 6.41. The highest BCUT2D eigenvalue weighted by Crippen LogP contribution is 2.34. The fourth-order valence-electron chi connectivity index (χ4n) is 4.57. The van der Waals surface area contributed by atoms with E-state index in [1.807, 2.05) is 30.3 Å². The number of amides is 1. The van der Waals surface area contributed by atoms with Gasteiger partial charge in [-0.15, -0.1) is 0 Å². The minimum Gasteiger partial charge on any atom is -0.378 e. The molecule has 0 unspecified atom stereocenters. The van der Waals surface area contributed by atoms with Crippen LogP contribution in [0.1, 0.15) is 23.5 Å². The van der Waals surface area contributed by atoms with Gasteiger partial charge in [0, 0.05) is 32.4 Å². The maximum Gasteiger partial charge on any atom is 0.265 e. The number of benzene rings is 1. The molecule has 1 amide bonds. The molecule has 0 spiro atoms. The SMILES string of the molecule is O=C([C@H]1C[C@@H](c2ccccc2)CN(S(=O)(=O)c2cc(CCS(=O)(=O)O)ccn2)C1)N1CCOCC1. The molecule has 12 heteroatoms. The second-order valence-corrected chi connectivity index (χ2v) is 12.3. The van der Waals surface area contributed by atoms with Gasteiger partial charge in [-0.1, -0.05) is 30.3 Å². The molecule has 2 fully saturated rings. The number of hydrogen-bond acceptors (Lipinski definition) is 7. The van der Waals surface area contributed by atoms with Gasteiger partial charge < -0.3 is 9.64 Å². The summed E-state index contributed by atoms with van der Waals surface area (Å²) in [6.07, 6.45) is 1.80. The van der Waals surface area contributed by atoms with Crippen molar-refractivity contribution >= 4 is 26.0 Å². The van der Waals surface area contributed by atoms with E-state index in [0.29, 0.717) is 38.3 Å². The lowest BCUT2D eigenvalue weighted by Gasteiger charge is -2.39. The van der Waals surface area contributed by atoms with E-state index in [4.69, 9.17) is 9.29 Å². The normalized spacial score (nSPS) is 22.1. The molecule has 2 saturated heterocycles. The van der Waals surface area contributed by atoms with Gasteiger partial charge in [0.05, 0.1) is 24.9 Å². The van der Waals surface area contributed by atoms with Crippen molar-refractivity contribution in [2.45, 2.75) is 23.8 Å². The molecule has 0 saturated carbocycles. The molecule has 10 nitrogen and oxygen atoms in total. The Balaban J connectivity index is 1.61. The van der Waals surface area contributed by atoms with Gasteiger partial charge in [-0.3, -0.25) is 9.35 Å². The monoisotopic (exact) mass is 523 g/mol. The molecule has 2 aliphatic rings. The highest BCUT2D eigenvalue weighted by Gasteiger charge is 2.40. The molecule has 0 bridgehead atoms. The molecule has 0 aliphatic carbocycles. The first-order valence-electron chi connectivity index (χ1n) is 11.5. The number of carbonyl (C=O) groups excluding carboxylic acids is 1. The summed E-state index contributed by atoms with van der Waals surface area (Å²) in [7, 11) is -8.25. The Hall–Kier alpha value is -2.38. The van der Waals surface area contributed by atoms with E-state index in [0.717, 1.165) is 5.56 Å². The van der Waals surface area contributed by atoms with Gasteiger partial charge >= 0.3 is 0 Å². The smallest absolute Gasteiger partial charge is 0.265 e. The molecule has 3 heterocycles. The van der Waals surface area contributed by atoms with Gasteiger partial charge in [-0.25, -0.2) is 13.4 Å². The van der Waals surface area contributed by atoms with Crippen molar-refractivity contribution in [3.05, 3.63) is 59.8 Å². The van der Waals surface area contributed by atoms with E-state index < -0.39 is 31.8 Å². The summed E-state index contributed by atoms with van der Waals surface area (Å²) in [4.78, 5) is 19.1. The average molecular weight is 524 g/mol. The number of pyridine rings is 1. The van der Waals surface area contributed by atoms with Gasteiger partial charge in [0.2, 0.25) is 5.91 Å². The molecule has 1 N–H and O–H groups in total. The highest BCUT2D eigenvalue weighted by atomic mass is 32.2. The van der Waals surface area contributed by atoms with Crippen LogP contribution in [-0.2, 0) is 36.1 Å². The summed E-state index contributed by atoms with van der Waals surface area (Å²) < 4.78 is 65.1. The van der Waals surface area contributed by atoms with Gasteiger partial charge in [-0.2, -0.15) is 12.7 Å². The minimum absolute atomic E-state index is 0.0405. The third kappa shape index (κ3) is 6.44. The van der Waals surface area contributed by atoms with Crippen LogP contribution in [0.5, 0.6) is 0 Å². The Morgan fingerprint density at radius 1 is 1.06 bits per heavy atom. The summed E-state index contributed by atoms with van der Waals surface area (Å²) in [5, 5.41) is -0.211. The van der Waals surface area contributed by atoms with E-state index >= 15 is 0 Å². The zero-order valence-corrected chi connectivity index (χ0v) is 20.8. The first-order valence-corrected chi connectivity index (χ1v) is 14.5. The summed E-state index contributed by atoms with van der Waals surface area (Å²) in [5.74, 6) is -1.28. The van der Waals surface area contributed by atoms with Crippen molar-refractivity contribution in [1.29, 1.82) is 0 Å². The van der Waals surface area contributed by atoms with Crippen LogP contribution in [0.3, 0.4) is 0 Å². The zero-order valence-electron chi connectivity index (χ0n) is 19.2. The van der Waals surface area contributed by atoms with E-state index in [1.165, 1.54) is 22.6 Å². The van der Waals surface area contributed by atoms with Crippen LogP contribution in [0.25, 0.3) is 0 Å². The zero-order chi connectivity index (χ0) is 25.1. The Morgan fingerprint density at radius 2 is 1.77 bits per heavy atom. The first-order chi connectivity index (χ1) is 16.6. The molecular weight excluding hydrogens is 494 g/mol. The lowest BCUT2D eigenvalue weighted by molar-refractivity contribution is -0.141. The summed E-state index contributed by atoms with van der Waals surface area (Å²) in [6, 6.07) is 12.4. The van der Waals surface area contributed by atoms with Crippen LogP contribution < -0.4 is 0 Å². The third-order valence-corrected chi connectivity index (χ3v) is 8.86. The predicted molar refractivity (Wildman–Crippen MR) is 128 cm³/mol. The second kappa shape index (κ2) is 10.7. The van der Waals surface area contributed by atoms with Crippen LogP contribution >= 0.6 is 0 Å². The lowest BCUT2D eigenvalue weighted by atomic mass is 9.85. The van der Waals surface area contributed by atoms with Crippen molar-refractivity contribution in [2.75, 3.05) is 45.1 Å². The number of ether oxygens (including phenoxy) is 1. The van der Waals surface area contributed by atoms with Gasteiger partial charge in [0.25, 0.3) is 20.1 Å². The van der Waals surface area contributed by atoms with E-state index in [2.05, 4.69) is 4.98 Å². The number of morpholine rings is 1. The molecule has 1 aromatic heterocycles. The van der Waals surface area contributed by atoms with E-state index in [-0.39, 0.29) is 36.4 Å². The Kier molecular flexibility index (Phi) is 7.86. The summed E-state index contributed by atoms with van der Waals surface area (Å²) in [5.41, 5.74) is 1.39. The molecule has 2 aliphatic heterocycles. The van der Waals surface area contributed by atoms with Crippen LogP contribution in [0.4, 0.5) is 0 Å². The quantitative estimate of drug-likeness (QED) is 0.535. The standard InChI is InChI=1S/C23H29N3O7S2/c27-23(25-9-11-33-12-10-25)21-15-20(19-4-2-1-3-5-19)16-26(17-21)35(31,32)22-14-18(6-8-24-22)7-13-34(28,29)30/h1-6,8,14,20-21H,7,9-13,15-17H2,(H,28,29,30)/t20-,21+/m1/s1. The number of carbonyl (C=O) groups is 1. The number of aromatic nitrogens is 1. The lowest BCUT2D eigenvalue weighted by Crippen LogP contribution is -2.51. The summed E-state index contributed by atoms with van der Waals surface area (Å²) in [6.45, 7) is 2.13. The van der Waals surface area contributed by atoms with E-state index in [9.17, 15) is 21.6 Å². The van der Waals surface area contributed by atoms with Crippen molar-refractivity contribution in [2.24, 2.45) is 5.92 Å². The van der Waals surface area contributed by atoms with E-state index in [1.54, 1.807) is 4.90 Å². The molecule has 0 radical (unpaired) electrons. The number of sulfonamides is 1. The molecule has 190 valence electrons. The fraction of sp³-hybridized carbons (Fsp3) is 0.478.